The Morgan fingerprint density at radius 1 is 1.16 bits per heavy atom. The summed E-state index contributed by atoms with van der Waals surface area (Å²) in [7, 11) is 0. The first-order valence-corrected chi connectivity index (χ1v) is 7.52. The summed E-state index contributed by atoms with van der Waals surface area (Å²) < 4.78 is 5.70. The molecule has 1 atom stereocenters. The molecule has 1 aromatic carbocycles. The number of hydrogen-bond donors (Lipinski definition) is 1. The maximum Gasteiger partial charge on any atom is 0.119 e. The van der Waals surface area contributed by atoms with Crippen LogP contribution in [0.5, 0.6) is 5.75 Å². The van der Waals surface area contributed by atoms with E-state index in [-0.39, 0.29) is 6.10 Å². The lowest BCUT2D eigenvalue weighted by Crippen LogP contribution is -2.46. The van der Waals surface area contributed by atoms with Crippen LogP contribution in [0.4, 0.5) is 0 Å². The summed E-state index contributed by atoms with van der Waals surface area (Å²) in [5.41, 5.74) is 1.69. The minimum Gasteiger partial charge on any atom is -0.491 e. The fraction of sp³-hybridized carbons (Fsp3) is 0.647. The van der Waals surface area contributed by atoms with Crippen LogP contribution in [0.25, 0.3) is 0 Å². The molecule has 0 amide bonds. The Morgan fingerprint density at radius 3 is 2.32 bits per heavy atom. The van der Waals surface area contributed by atoms with Gasteiger partial charge in [0.1, 0.15) is 5.75 Å². The molecular weight excluding hydrogens is 234 g/mol. The monoisotopic (exact) mass is 261 g/mol. The van der Waals surface area contributed by atoms with E-state index in [1.807, 2.05) is 0 Å². The van der Waals surface area contributed by atoms with Gasteiger partial charge in [-0.2, -0.15) is 0 Å². The molecule has 1 saturated heterocycles. The topological polar surface area (TPSA) is 21.3 Å². The Labute approximate surface area is 117 Å². The molecular formula is C17H27NO. The Balaban J connectivity index is 2.06. The highest BCUT2D eigenvalue weighted by Crippen LogP contribution is 2.31. The molecule has 1 aromatic rings. The number of ether oxygens (including phenoxy) is 1. The molecule has 19 heavy (non-hydrogen) atoms. The Bertz CT molecular complexity index is 388. The van der Waals surface area contributed by atoms with Crippen molar-refractivity contribution in [2.45, 2.75) is 58.6 Å². The van der Waals surface area contributed by atoms with Crippen LogP contribution in [-0.4, -0.2) is 18.2 Å². The van der Waals surface area contributed by atoms with Crippen LogP contribution in [0.1, 0.15) is 46.1 Å². The molecule has 2 nitrogen and oxygen atoms in total. The molecule has 0 saturated carbocycles. The quantitative estimate of drug-likeness (QED) is 0.870. The van der Waals surface area contributed by atoms with Gasteiger partial charge in [0.05, 0.1) is 6.10 Å². The molecule has 1 aliphatic heterocycles. The van der Waals surface area contributed by atoms with E-state index in [1.54, 1.807) is 0 Å². The molecule has 0 aromatic heterocycles. The second-order valence-corrected chi connectivity index (χ2v) is 6.33. The van der Waals surface area contributed by atoms with Gasteiger partial charge in [0.2, 0.25) is 0 Å². The first-order valence-electron chi connectivity index (χ1n) is 7.52. The second-order valence-electron chi connectivity index (χ2n) is 6.33. The minimum absolute atomic E-state index is 0.240. The van der Waals surface area contributed by atoms with Crippen molar-refractivity contribution in [3.63, 3.8) is 0 Å². The van der Waals surface area contributed by atoms with Crippen molar-refractivity contribution in [2.24, 2.45) is 5.92 Å². The van der Waals surface area contributed by atoms with Gasteiger partial charge in [-0.1, -0.05) is 26.0 Å². The van der Waals surface area contributed by atoms with E-state index in [0.29, 0.717) is 11.5 Å². The van der Waals surface area contributed by atoms with E-state index >= 15 is 0 Å². The predicted octanol–water partition coefficient (Wildman–Crippen LogP) is 3.79. The summed E-state index contributed by atoms with van der Waals surface area (Å²) in [6.07, 6.45) is 3.94. The maximum absolute atomic E-state index is 5.70. The number of benzene rings is 1. The highest BCUT2D eigenvalue weighted by atomic mass is 16.5. The van der Waals surface area contributed by atoms with E-state index < -0.39 is 0 Å². The van der Waals surface area contributed by atoms with Crippen LogP contribution in [0.15, 0.2) is 24.3 Å². The fourth-order valence-electron chi connectivity index (χ4n) is 3.00. The summed E-state index contributed by atoms with van der Waals surface area (Å²) in [4.78, 5) is 0. The van der Waals surface area contributed by atoms with Gasteiger partial charge in [0.25, 0.3) is 0 Å². The largest absolute Gasteiger partial charge is 0.491 e. The lowest BCUT2D eigenvalue weighted by atomic mass is 9.80. The zero-order valence-electron chi connectivity index (χ0n) is 12.7. The standard InChI is InChI=1S/C17H27NO/c1-13(2)17(10-5-11-18-17)12-15-6-8-16(9-7-15)19-14(3)4/h6-9,13-14,18H,5,10-12H2,1-4H3. The van der Waals surface area contributed by atoms with Crippen molar-refractivity contribution in [2.75, 3.05) is 6.54 Å². The minimum atomic E-state index is 0.240. The molecule has 1 heterocycles. The summed E-state index contributed by atoms with van der Waals surface area (Å²) in [5, 5.41) is 3.73. The molecule has 106 valence electrons. The van der Waals surface area contributed by atoms with Gasteiger partial charge in [0.15, 0.2) is 0 Å². The van der Waals surface area contributed by atoms with Gasteiger partial charge in [0, 0.05) is 5.54 Å². The molecule has 1 unspecified atom stereocenters. The van der Waals surface area contributed by atoms with Crippen LogP contribution in [0.2, 0.25) is 0 Å². The van der Waals surface area contributed by atoms with Crippen LogP contribution in [0, 0.1) is 5.92 Å². The van der Waals surface area contributed by atoms with E-state index in [1.165, 1.54) is 18.4 Å². The van der Waals surface area contributed by atoms with Gasteiger partial charge in [-0.15, -0.1) is 0 Å². The predicted molar refractivity (Wildman–Crippen MR) is 80.7 cm³/mol. The molecule has 0 aliphatic carbocycles. The highest BCUT2D eigenvalue weighted by Gasteiger charge is 2.36. The Morgan fingerprint density at radius 2 is 1.84 bits per heavy atom. The molecule has 1 N–H and O–H groups in total. The molecule has 1 fully saturated rings. The molecule has 2 heteroatoms. The summed E-state index contributed by atoms with van der Waals surface area (Å²) in [6, 6.07) is 8.61. The zero-order valence-corrected chi connectivity index (χ0v) is 12.7. The summed E-state index contributed by atoms with van der Waals surface area (Å²) >= 11 is 0. The van der Waals surface area contributed by atoms with Crippen molar-refractivity contribution in [3.05, 3.63) is 29.8 Å². The lowest BCUT2D eigenvalue weighted by Gasteiger charge is -2.34. The van der Waals surface area contributed by atoms with Crippen LogP contribution < -0.4 is 10.1 Å². The SMILES string of the molecule is CC(C)Oc1ccc(CC2(C(C)C)CCCN2)cc1. The van der Waals surface area contributed by atoms with Gasteiger partial charge in [-0.3, -0.25) is 0 Å². The van der Waals surface area contributed by atoms with E-state index in [9.17, 15) is 0 Å². The fourth-order valence-corrected chi connectivity index (χ4v) is 3.00. The van der Waals surface area contributed by atoms with Crippen LogP contribution in [-0.2, 0) is 6.42 Å². The molecule has 0 radical (unpaired) electrons. The van der Waals surface area contributed by atoms with Crippen molar-refractivity contribution in [1.29, 1.82) is 0 Å². The van der Waals surface area contributed by atoms with Gasteiger partial charge in [-0.25, -0.2) is 0 Å². The zero-order chi connectivity index (χ0) is 13.9. The van der Waals surface area contributed by atoms with Gasteiger partial charge < -0.3 is 10.1 Å². The first-order chi connectivity index (χ1) is 9.02. The second kappa shape index (κ2) is 5.96. The van der Waals surface area contributed by atoms with E-state index in [4.69, 9.17) is 4.74 Å². The van der Waals surface area contributed by atoms with E-state index in [2.05, 4.69) is 57.3 Å². The van der Waals surface area contributed by atoms with E-state index in [0.717, 1.165) is 18.7 Å². The molecule has 1 aliphatic rings. The van der Waals surface area contributed by atoms with Crippen molar-refractivity contribution >= 4 is 0 Å². The Hall–Kier alpha value is -1.02. The summed E-state index contributed by atoms with van der Waals surface area (Å²) in [5.74, 6) is 1.64. The molecule has 0 spiro atoms. The van der Waals surface area contributed by atoms with Crippen LogP contribution >= 0.6 is 0 Å². The number of hydrogen-bond acceptors (Lipinski definition) is 2. The third kappa shape index (κ3) is 3.50. The summed E-state index contributed by atoms with van der Waals surface area (Å²) in [6.45, 7) is 9.93. The third-order valence-corrected chi connectivity index (χ3v) is 4.20. The van der Waals surface area contributed by atoms with Crippen molar-refractivity contribution in [1.82, 2.24) is 5.32 Å². The molecule has 0 bridgehead atoms. The number of rotatable bonds is 5. The maximum atomic E-state index is 5.70. The first kappa shape index (κ1) is 14.4. The normalized spacial score (nSPS) is 23.3. The average Bonchev–Trinajstić information content (AvgIpc) is 2.81. The smallest absolute Gasteiger partial charge is 0.119 e. The van der Waals surface area contributed by atoms with Gasteiger partial charge >= 0.3 is 0 Å². The third-order valence-electron chi connectivity index (χ3n) is 4.20. The van der Waals surface area contributed by atoms with Crippen molar-refractivity contribution < 1.29 is 4.74 Å². The highest BCUT2D eigenvalue weighted by molar-refractivity contribution is 5.29. The van der Waals surface area contributed by atoms with Crippen molar-refractivity contribution in [3.8, 4) is 5.75 Å². The molecule has 2 rings (SSSR count). The van der Waals surface area contributed by atoms with Gasteiger partial charge in [-0.05, 0) is 63.3 Å². The average molecular weight is 261 g/mol. The Kier molecular flexibility index (Phi) is 4.51. The number of nitrogens with one attached hydrogen (secondary N) is 1. The lowest BCUT2D eigenvalue weighted by molar-refractivity contribution is 0.242. The van der Waals surface area contributed by atoms with Crippen LogP contribution in [0.3, 0.4) is 0 Å².